The highest BCUT2D eigenvalue weighted by Gasteiger charge is 2.33. The van der Waals surface area contributed by atoms with Crippen molar-refractivity contribution in [3.63, 3.8) is 0 Å². The van der Waals surface area contributed by atoms with Crippen LogP contribution in [0.5, 0.6) is 0 Å². The average Bonchev–Trinajstić information content (AvgIpc) is 2.59. The molecule has 1 saturated carbocycles. The van der Waals surface area contributed by atoms with Crippen LogP contribution < -0.4 is 5.73 Å². The molecular weight excluding hydrogens is 226 g/mol. The lowest BCUT2D eigenvalue weighted by Gasteiger charge is -2.29. The fourth-order valence-electron chi connectivity index (χ4n) is 3.23. The van der Waals surface area contributed by atoms with E-state index in [2.05, 4.69) is 32.2 Å². The molecule has 2 rings (SSSR count). The van der Waals surface area contributed by atoms with Crippen LogP contribution in [-0.4, -0.2) is 0 Å². The molecule has 2 atom stereocenters. The Morgan fingerprint density at radius 2 is 2.12 bits per heavy atom. The van der Waals surface area contributed by atoms with Crippen molar-refractivity contribution in [3.8, 4) is 0 Å². The van der Waals surface area contributed by atoms with Crippen molar-refractivity contribution in [1.82, 2.24) is 0 Å². The van der Waals surface area contributed by atoms with Gasteiger partial charge in [-0.2, -0.15) is 0 Å². The summed E-state index contributed by atoms with van der Waals surface area (Å²) in [6.45, 7) is 6.91. The van der Waals surface area contributed by atoms with E-state index in [1.54, 1.807) is 0 Å². The van der Waals surface area contributed by atoms with E-state index in [0.717, 1.165) is 24.7 Å². The molecule has 0 amide bonds. The second-order valence-corrected chi connectivity index (χ2v) is 7.10. The minimum Gasteiger partial charge on any atom is -0.321 e. The standard InChI is InChI=1S/C15H25NS/c1-11(2)13-5-4-8-15(16,9-6-13)14-7-10-17-12(14)3/h7,10-11,13H,4-6,8-9,16H2,1-3H3. The van der Waals surface area contributed by atoms with E-state index < -0.39 is 0 Å². The number of aryl methyl sites for hydroxylation is 1. The minimum absolute atomic E-state index is 0.0479. The van der Waals surface area contributed by atoms with Crippen LogP contribution >= 0.6 is 11.3 Å². The van der Waals surface area contributed by atoms with E-state index in [1.807, 2.05) is 11.3 Å². The van der Waals surface area contributed by atoms with Gasteiger partial charge in [-0.3, -0.25) is 0 Å². The lowest BCUT2D eigenvalue weighted by atomic mass is 9.83. The highest BCUT2D eigenvalue weighted by atomic mass is 32.1. The molecule has 1 aliphatic carbocycles. The zero-order chi connectivity index (χ0) is 12.5. The molecule has 2 N–H and O–H groups in total. The molecule has 1 aromatic heterocycles. The van der Waals surface area contributed by atoms with E-state index in [-0.39, 0.29) is 5.54 Å². The first kappa shape index (κ1) is 13.1. The molecule has 1 aromatic rings. The third-order valence-electron chi connectivity index (χ3n) is 4.50. The summed E-state index contributed by atoms with van der Waals surface area (Å²) in [5.74, 6) is 1.68. The number of hydrogen-bond acceptors (Lipinski definition) is 2. The molecular formula is C15H25NS. The summed E-state index contributed by atoms with van der Waals surface area (Å²) in [6.07, 6.45) is 6.26. The van der Waals surface area contributed by atoms with Gasteiger partial charge in [0.2, 0.25) is 0 Å². The van der Waals surface area contributed by atoms with Crippen LogP contribution in [-0.2, 0) is 5.54 Å². The summed E-state index contributed by atoms with van der Waals surface area (Å²) in [4.78, 5) is 1.41. The third-order valence-corrected chi connectivity index (χ3v) is 5.34. The first-order chi connectivity index (χ1) is 8.03. The zero-order valence-corrected chi connectivity index (χ0v) is 12.1. The van der Waals surface area contributed by atoms with Crippen molar-refractivity contribution in [2.24, 2.45) is 17.6 Å². The lowest BCUT2D eigenvalue weighted by Crippen LogP contribution is -2.36. The van der Waals surface area contributed by atoms with Crippen LogP contribution in [0.25, 0.3) is 0 Å². The molecule has 1 fully saturated rings. The van der Waals surface area contributed by atoms with Crippen LogP contribution in [0.4, 0.5) is 0 Å². The van der Waals surface area contributed by atoms with E-state index >= 15 is 0 Å². The van der Waals surface area contributed by atoms with Gasteiger partial charge >= 0.3 is 0 Å². The Morgan fingerprint density at radius 3 is 2.71 bits per heavy atom. The van der Waals surface area contributed by atoms with Crippen molar-refractivity contribution < 1.29 is 0 Å². The number of nitrogens with two attached hydrogens (primary N) is 1. The van der Waals surface area contributed by atoms with Crippen LogP contribution in [0.3, 0.4) is 0 Å². The molecule has 0 radical (unpaired) electrons. The number of thiophene rings is 1. The molecule has 17 heavy (non-hydrogen) atoms. The normalized spacial score (nSPS) is 30.5. The average molecular weight is 251 g/mol. The Morgan fingerprint density at radius 1 is 1.35 bits per heavy atom. The second-order valence-electron chi connectivity index (χ2n) is 5.98. The summed E-state index contributed by atoms with van der Waals surface area (Å²) in [6, 6.07) is 2.25. The van der Waals surface area contributed by atoms with Gasteiger partial charge in [-0.1, -0.05) is 26.7 Å². The first-order valence-electron chi connectivity index (χ1n) is 6.86. The van der Waals surface area contributed by atoms with E-state index in [4.69, 9.17) is 5.73 Å². The Kier molecular flexibility index (Phi) is 3.94. The molecule has 0 bridgehead atoms. The van der Waals surface area contributed by atoms with Crippen LogP contribution in [0.1, 0.15) is 56.4 Å². The highest BCUT2D eigenvalue weighted by Crippen LogP contribution is 2.40. The fraction of sp³-hybridized carbons (Fsp3) is 0.733. The van der Waals surface area contributed by atoms with E-state index in [9.17, 15) is 0 Å². The summed E-state index contributed by atoms with van der Waals surface area (Å²) in [5.41, 5.74) is 8.06. The minimum atomic E-state index is -0.0479. The van der Waals surface area contributed by atoms with Crippen molar-refractivity contribution in [3.05, 3.63) is 21.9 Å². The molecule has 2 unspecified atom stereocenters. The Bertz CT molecular complexity index is 369. The van der Waals surface area contributed by atoms with Crippen molar-refractivity contribution in [1.29, 1.82) is 0 Å². The van der Waals surface area contributed by atoms with Gasteiger partial charge in [-0.15, -0.1) is 11.3 Å². The molecule has 2 heteroatoms. The summed E-state index contributed by atoms with van der Waals surface area (Å²) >= 11 is 1.83. The predicted octanol–water partition coefficient (Wildman–Crippen LogP) is 4.45. The molecule has 0 aliphatic heterocycles. The summed E-state index contributed by atoms with van der Waals surface area (Å²) in [7, 11) is 0. The topological polar surface area (TPSA) is 26.0 Å². The third kappa shape index (κ3) is 2.74. The van der Waals surface area contributed by atoms with Crippen LogP contribution in [0.2, 0.25) is 0 Å². The first-order valence-corrected chi connectivity index (χ1v) is 7.74. The van der Waals surface area contributed by atoms with Crippen LogP contribution in [0, 0.1) is 18.8 Å². The SMILES string of the molecule is Cc1sccc1C1(N)CCCC(C(C)C)CC1. The smallest absolute Gasteiger partial charge is 0.0420 e. The predicted molar refractivity (Wildman–Crippen MR) is 76.3 cm³/mol. The maximum absolute atomic E-state index is 6.69. The number of rotatable bonds is 2. The van der Waals surface area contributed by atoms with Gasteiger partial charge < -0.3 is 5.73 Å². The molecule has 1 nitrogen and oxygen atoms in total. The zero-order valence-electron chi connectivity index (χ0n) is 11.3. The van der Waals surface area contributed by atoms with Gasteiger partial charge in [0.05, 0.1) is 0 Å². The van der Waals surface area contributed by atoms with Gasteiger partial charge in [0.15, 0.2) is 0 Å². The monoisotopic (exact) mass is 251 g/mol. The quantitative estimate of drug-likeness (QED) is 0.772. The molecule has 1 aliphatic rings. The van der Waals surface area contributed by atoms with Gasteiger partial charge in [0.1, 0.15) is 0 Å². The van der Waals surface area contributed by atoms with E-state index in [0.29, 0.717) is 0 Å². The second kappa shape index (κ2) is 5.11. The summed E-state index contributed by atoms with van der Waals surface area (Å²) in [5, 5.41) is 2.18. The maximum Gasteiger partial charge on any atom is 0.0420 e. The van der Waals surface area contributed by atoms with Gasteiger partial charge in [-0.25, -0.2) is 0 Å². The largest absolute Gasteiger partial charge is 0.321 e. The Hall–Kier alpha value is -0.340. The summed E-state index contributed by atoms with van der Waals surface area (Å²) < 4.78 is 0. The Labute approximate surface area is 109 Å². The molecule has 1 heterocycles. The van der Waals surface area contributed by atoms with Crippen molar-refractivity contribution in [2.45, 2.75) is 58.4 Å². The molecule has 0 spiro atoms. The Balaban J connectivity index is 2.15. The van der Waals surface area contributed by atoms with Gasteiger partial charge in [-0.05, 0) is 55.0 Å². The lowest BCUT2D eigenvalue weighted by molar-refractivity contribution is 0.325. The van der Waals surface area contributed by atoms with E-state index in [1.165, 1.54) is 29.7 Å². The molecule has 0 saturated heterocycles. The number of hydrogen-bond donors (Lipinski definition) is 1. The van der Waals surface area contributed by atoms with Crippen LogP contribution in [0.15, 0.2) is 11.4 Å². The highest BCUT2D eigenvalue weighted by molar-refractivity contribution is 7.10. The fourth-order valence-corrected chi connectivity index (χ4v) is 4.04. The van der Waals surface area contributed by atoms with Gasteiger partial charge in [0, 0.05) is 10.4 Å². The maximum atomic E-state index is 6.69. The van der Waals surface area contributed by atoms with Crippen molar-refractivity contribution >= 4 is 11.3 Å². The molecule has 96 valence electrons. The van der Waals surface area contributed by atoms with Gasteiger partial charge in [0.25, 0.3) is 0 Å². The van der Waals surface area contributed by atoms with Crippen molar-refractivity contribution in [2.75, 3.05) is 0 Å². The molecule has 0 aromatic carbocycles.